The summed E-state index contributed by atoms with van der Waals surface area (Å²) in [4.78, 5) is 8.90. The van der Waals surface area contributed by atoms with Crippen LogP contribution in [0.3, 0.4) is 0 Å². The second kappa shape index (κ2) is 6.15. The van der Waals surface area contributed by atoms with E-state index in [1.165, 1.54) is 6.42 Å². The van der Waals surface area contributed by atoms with Crippen molar-refractivity contribution < 1.29 is 4.74 Å². The van der Waals surface area contributed by atoms with Gasteiger partial charge in [-0.3, -0.25) is 9.97 Å². The monoisotopic (exact) mass is 242 g/mol. The van der Waals surface area contributed by atoms with Crippen molar-refractivity contribution in [2.75, 3.05) is 7.11 Å². The van der Waals surface area contributed by atoms with Crippen LogP contribution in [-0.4, -0.2) is 17.1 Å². The highest BCUT2D eigenvalue weighted by Gasteiger charge is 2.01. The normalized spacial score (nSPS) is 10.3. The molecule has 0 radical (unpaired) electrons. The molecule has 0 aliphatic carbocycles. The summed E-state index contributed by atoms with van der Waals surface area (Å²) < 4.78 is 5.13. The van der Waals surface area contributed by atoms with Gasteiger partial charge in [0.15, 0.2) is 0 Å². The Morgan fingerprint density at radius 3 is 2.39 bits per heavy atom. The van der Waals surface area contributed by atoms with E-state index >= 15 is 0 Å². The van der Waals surface area contributed by atoms with Crippen LogP contribution in [0.2, 0.25) is 0 Å². The van der Waals surface area contributed by atoms with Gasteiger partial charge in [-0.05, 0) is 37.1 Å². The number of methoxy groups -OCH3 is 1. The van der Waals surface area contributed by atoms with Crippen LogP contribution in [-0.2, 0) is 6.42 Å². The lowest BCUT2D eigenvalue weighted by Crippen LogP contribution is -1.93. The van der Waals surface area contributed by atoms with Gasteiger partial charge in [0.1, 0.15) is 5.75 Å². The summed E-state index contributed by atoms with van der Waals surface area (Å²) in [6.45, 7) is 2.18. The molecule has 2 aromatic rings. The third-order valence-corrected chi connectivity index (χ3v) is 2.88. The average Bonchev–Trinajstić information content (AvgIpc) is 2.46. The van der Waals surface area contributed by atoms with Crippen LogP contribution in [0.15, 0.2) is 36.7 Å². The number of nitrogens with zero attached hydrogens (tertiary/aromatic N) is 2. The summed E-state index contributed by atoms with van der Waals surface area (Å²) in [6, 6.07) is 7.85. The van der Waals surface area contributed by atoms with Crippen LogP contribution in [0.4, 0.5) is 0 Å². The second-order valence-corrected chi connectivity index (χ2v) is 4.23. The van der Waals surface area contributed by atoms with E-state index in [2.05, 4.69) is 16.9 Å². The van der Waals surface area contributed by atoms with E-state index in [-0.39, 0.29) is 0 Å². The van der Waals surface area contributed by atoms with Crippen LogP contribution in [0.1, 0.15) is 25.5 Å². The number of ether oxygens (including phenoxy) is 1. The molecule has 0 atom stereocenters. The number of hydrogen-bond acceptors (Lipinski definition) is 3. The van der Waals surface area contributed by atoms with Crippen molar-refractivity contribution >= 4 is 0 Å². The Labute approximate surface area is 108 Å². The van der Waals surface area contributed by atoms with Crippen molar-refractivity contribution in [1.82, 2.24) is 9.97 Å². The van der Waals surface area contributed by atoms with Gasteiger partial charge >= 0.3 is 0 Å². The molecule has 1 heterocycles. The fourth-order valence-corrected chi connectivity index (χ4v) is 1.75. The van der Waals surface area contributed by atoms with Gasteiger partial charge in [-0.25, -0.2) is 0 Å². The summed E-state index contributed by atoms with van der Waals surface area (Å²) >= 11 is 0. The molecule has 1 aromatic heterocycles. The molecule has 0 saturated carbocycles. The van der Waals surface area contributed by atoms with Gasteiger partial charge in [-0.15, -0.1) is 0 Å². The zero-order valence-corrected chi connectivity index (χ0v) is 10.9. The molecular formula is C15H18N2O. The number of aryl methyl sites for hydroxylation is 1. The molecule has 0 bridgehead atoms. The third kappa shape index (κ3) is 3.06. The van der Waals surface area contributed by atoms with Crippen LogP contribution >= 0.6 is 0 Å². The van der Waals surface area contributed by atoms with Crippen molar-refractivity contribution in [2.24, 2.45) is 0 Å². The average molecular weight is 242 g/mol. The molecule has 0 amide bonds. The molecule has 0 aliphatic rings. The molecule has 1 aromatic carbocycles. The first-order valence-corrected chi connectivity index (χ1v) is 6.29. The van der Waals surface area contributed by atoms with Gasteiger partial charge in [0.05, 0.1) is 24.7 Å². The number of rotatable bonds is 5. The van der Waals surface area contributed by atoms with Gasteiger partial charge in [0.2, 0.25) is 0 Å². The first-order chi connectivity index (χ1) is 8.83. The van der Waals surface area contributed by atoms with Crippen LogP contribution in [0, 0.1) is 0 Å². The maximum Gasteiger partial charge on any atom is 0.118 e. The van der Waals surface area contributed by atoms with E-state index in [0.717, 1.165) is 35.5 Å². The van der Waals surface area contributed by atoms with Crippen LogP contribution in [0.5, 0.6) is 5.75 Å². The van der Waals surface area contributed by atoms with Crippen LogP contribution < -0.4 is 4.74 Å². The lowest BCUT2D eigenvalue weighted by atomic mass is 10.1. The maximum atomic E-state index is 5.13. The van der Waals surface area contributed by atoms with E-state index in [1.54, 1.807) is 7.11 Å². The number of benzene rings is 1. The highest BCUT2D eigenvalue weighted by molar-refractivity contribution is 5.58. The second-order valence-electron chi connectivity index (χ2n) is 4.23. The molecule has 2 rings (SSSR count). The van der Waals surface area contributed by atoms with Crippen LogP contribution in [0.25, 0.3) is 11.3 Å². The quantitative estimate of drug-likeness (QED) is 0.805. The first kappa shape index (κ1) is 12.6. The Morgan fingerprint density at radius 1 is 1.06 bits per heavy atom. The van der Waals surface area contributed by atoms with Gasteiger partial charge in [-0.1, -0.05) is 13.3 Å². The third-order valence-electron chi connectivity index (χ3n) is 2.88. The number of unbranched alkanes of at least 4 members (excludes halogenated alkanes) is 1. The van der Waals surface area contributed by atoms with Gasteiger partial charge in [0.25, 0.3) is 0 Å². The van der Waals surface area contributed by atoms with Crippen molar-refractivity contribution in [3.05, 3.63) is 42.4 Å². The predicted octanol–water partition coefficient (Wildman–Crippen LogP) is 3.49. The van der Waals surface area contributed by atoms with E-state index in [1.807, 2.05) is 36.7 Å². The van der Waals surface area contributed by atoms with E-state index < -0.39 is 0 Å². The molecule has 0 unspecified atom stereocenters. The van der Waals surface area contributed by atoms with Crippen molar-refractivity contribution in [1.29, 1.82) is 0 Å². The highest BCUT2D eigenvalue weighted by Crippen LogP contribution is 2.19. The SMILES string of the molecule is CCCCc1cnc(-c2ccc(OC)cc2)cn1. The molecule has 3 heteroatoms. The fourth-order valence-electron chi connectivity index (χ4n) is 1.75. The van der Waals surface area contributed by atoms with Crippen molar-refractivity contribution in [2.45, 2.75) is 26.2 Å². The van der Waals surface area contributed by atoms with Crippen molar-refractivity contribution in [3.63, 3.8) is 0 Å². The molecule has 0 aliphatic heterocycles. The molecule has 0 saturated heterocycles. The largest absolute Gasteiger partial charge is 0.497 e. The summed E-state index contributed by atoms with van der Waals surface area (Å²) in [6.07, 6.45) is 7.06. The topological polar surface area (TPSA) is 35.0 Å². The van der Waals surface area contributed by atoms with E-state index in [0.29, 0.717) is 0 Å². The molecular weight excluding hydrogens is 224 g/mol. The van der Waals surface area contributed by atoms with Gasteiger partial charge in [0, 0.05) is 11.8 Å². The zero-order valence-electron chi connectivity index (χ0n) is 10.9. The summed E-state index contributed by atoms with van der Waals surface area (Å²) in [5.41, 5.74) is 3.03. The van der Waals surface area contributed by atoms with Gasteiger partial charge < -0.3 is 4.74 Å². The Balaban J connectivity index is 2.12. The van der Waals surface area contributed by atoms with Gasteiger partial charge in [-0.2, -0.15) is 0 Å². The standard InChI is InChI=1S/C15H18N2O/c1-3-4-5-13-10-17-15(11-16-13)12-6-8-14(18-2)9-7-12/h6-11H,3-5H2,1-2H3. The van der Waals surface area contributed by atoms with E-state index in [9.17, 15) is 0 Å². The predicted molar refractivity (Wildman–Crippen MR) is 72.6 cm³/mol. The number of aromatic nitrogens is 2. The molecule has 0 fully saturated rings. The molecule has 18 heavy (non-hydrogen) atoms. The highest BCUT2D eigenvalue weighted by atomic mass is 16.5. The molecule has 94 valence electrons. The summed E-state index contributed by atoms with van der Waals surface area (Å²) in [7, 11) is 1.66. The van der Waals surface area contributed by atoms with E-state index in [4.69, 9.17) is 4.74 Å². The first-order valence-electron chi connectivity index (χ1n) is 6.29. The minimum atomic E-state index is 0.853. The number of hydrogen-bond donors (Lipinski definition) is 0. The zero-order chi connectivity index (χ0) is 12.8. The van der Waals surface area contributed by atoms with Crippen molar-refractivity contribution in [3.8, 4) is 17.0 Å². The minimum absolute atomic E-state index is 0.853. The minimum Gasteiger partial charge on any atom is -0.497 e. The lowest BCUT2D eigenvalue weighted by Gasteiger charge is -2.04. The maximum absolute atomic E-state index is 5.13. The Bertz CT molecular complexity index is 477. The fraction of sp³-hybridized carbons (Fsp3) is 0.333. The molecule has 0 spiro atoms. The molecule has 0 N–H and O–H groups in total. The lowest BCUT2D eigenvalue weighted by molar-refractivity contribution is 0.415. The Hall–Kier alpha value is -1.90. The Morgan fingerprint density at radius 2 is 1.83 bits per heavy atom. The molecule has 3 nitrogen and oxygen atoms in total. The smallest absolute Gasteiger partial charge is 0.118 e. The Kier molecular flexibility index (Phi) is 4.29. The summed E-state index contributed by atoms with van der Waals surface area (Å²) in [5, 5.41) is 0. The summed E-state index contributed by atoms with van der Waals surface area (Å²) in [5.74, 6) is 0.853.